The highest BCUT2D eigenvalue weighted by molar-refractivity contribution is 6.34. The van der Waals surface area contributed by atoms with Gasteiger partial charge in [0.05, 0.1) is 11.6 Å². The summed E-state index contributed by atoms with van der Waals surface area (Å²) in [6, 6.07) is 12.3. The van der Waals surface area contributed by atoms with E-state index in [1.54, 1.807) is 12.1 Å². The van der Waals surface area contributed by atoms with Crippen LogP contribution in [0.2, 0.25) is 10.0 Å². The number of amides is 2. The predicted octanol–water partition coefficient (Wildman–Crippen LogP) is 4.03. The minimum atomic E-state index is -0.347. The standard InChI is InChI=1S/C19H20Cl2N2O3/c1-3-13-6-4-5-7-16(13)22-18(24)11-23(2)19(25)12-26-17-10-14(20)8-9-15(17)21/h4-10H,3,11-12H2,1-2H3,(H,22,24). The summed E-state index contributed by atoms with van der Waals surface area (Å²) in [5.74, 6) is -0.301. The number of ether oxygens (including phenoxy) is 1. The maximum absolute atomic E-state index is 12.2. The Bertz CT molecular complexity index is 796. The summed E-state index contributed by atoms with van der Waals surface area (Å²) in [6.07, 6.45) is 0.805. The van der Waals surface area contributed by atoms with Gasteiger partial charge in [-0.15, -0.1) is 0 Å². The van der Waals surface area contributed by atoms with Crippen LogP contribution in [0.3, 0.4) is 0 Å². The number of carbonyl (C=O) groups excluding carboxylic acids is 2. The summed E-state index contributed by atoms with van der Waals surface area (Å²) in [5, 5.41) is 3.64. The van der Waals surface area contributed by atoms with Crippen molar-refractivity contribution in [1.82, 2.24) is 4.90 Å². The molecule has 0 radical (unpaired) electrons. The van der Waals surface area contributed by atoms with E-state index in [0.29, 0.717) is 15.8 Å². The van der Waals surface area contributed by atoms with Gasteiger partial charge in [0.1, 0.15) is 5.75 Å². The summed E-state index contributed by atoms with van der Waals surface area (Å²) in [7, 11) is 1.54. The largest absolute Gasteiger partial charge is 0.482 e. The number of para-hydroxylation sites is 1. The number of aryl methyl sites for hydroxylation is 1. The van der Waals surface area contributed by atoms with Gasteiger partial charge < -0.3 is 15.0 Å². The van der Waals surface area contributed by atoms with Crippen LogP contribution in [-0.4, -0.2) is 36.9 Å². The Morgan fingerprint density at radius 2 is 1.88 bits per heavy atom. The topological polar surface area (TPSA) is 58.6 Å². The lowest BCUT2D eigenvalue weighted by Gasteiger charge is -2.18. The number of hydrogen-bond acceptors (Lipinski definition) is 3. The van der Waals surface area contributed by atoms with Crippen molar-refractivity contribution in [2.24, 2.45) is 0 Å². The molecular formula is C19H20Cl2N2O3. The molecule has 0 saturated heterocycles. The maximum atomic E-state index is 12.2. The summed E-state index contributed by atoms with van der Waals surface area (Å²) < 4.78 is 5.40. The van der Waals surface area contributed by atoms with Crippen molar-refractivity contribution >= 4 is 40.7 Å². The van der Waals surface area contributed by atoms with Crippen LogP contribution in [-0.2, 0) is 16.0 Å². The molecule has 2 aromatic rings. The van der Waals surface area contributed by atoms with E-state index < -0.39 is 0 Å². The fourth-order valence-electron chi connectivity index (χ4n) is 2.28. The van der Waals surface area contributed by atoms with Crippen LogP contribution in [0.25, 0.3) is 0 Å². The average Bonchev–Trinajstić information content (AvgIpc) is 2.62. The molecule has 0 bridgehead atoms. The highest BCUT2D eigenvalue weighted by Gasteiger charge is 2.15. The Morgan fingerprint density at radius 1 is 1.15 bits per heavy atom. The number of benzene rings is 2. The first-order valence-corrected chi connectivity index (χ1v) is 8.86. The van der Waals surface area contributed by atoms with E-state index in [4.69, 9.17) is 27.9 Å². The second kappa shape index (κ2) is 9.46. The van der Waals surface area contributed by atoms with Crippen LogP contribution < -0.4 is 10.1 Å². The van der Waals surface area contributed by atoms with E-state index in [1.165, 1.54) is 18.0 Å². The Balaban J connectivity index is 1.88. The third-order valence-corrected chi connectivity index (χ3v) is 4.27. The van der Waals surface area contributed by atoms with E-state index >= 15 is 0 Å². The fraction of sp³-hybridized carbons (Fsp3) is 0.263. The molecule has 0 fully saturated rings. The number of nitrogens with one attached hydrogen (secondary N) is 1. The van der Waals surface area contributed by atoms with Gasteiger partial charge in [-0.3, -0.25) is 9.59 Å². The number of anilines is 1. The third-order valence-electron chi connectivity index (χ3n) is 3.72. The molecule has 7 heteroatoms. The maximum Gasteiger partial charge on any atom is 0.260 e. The van der Waals surface area contributed by atoms with E-state index in [9.17, 15) is 9.59 Å². The van der Waals surface area contributed by atoms with Crippen LogP contribution in [0.15, 0.2) is 42.5 Å². The molecular weight excluding hydrogens is 375 g/mol. The first kappa shape index (κ1) is 20.1. The van der Waals surface area contributed by atoms with Gasteiger partial charge in [0, 0.05) is 23.8 Å². The predicted molar refractivity (Wildman–Crippen MR) is 104 cm³/mol. The quantitative estimate of drug-likeness (QED) is 0.770. The molecule has 2 amide bonds. The van der Waals surface area contributed by atoms with Gasteiger partial charge >= 0.3 is 0 Å². The lowest BCUT2D eigenvalue weighted by molar-refractivity contribution is -0.135. The van der Waals surface area contributed by atoms with E-state index in [1.807, 2.05) is 31.2 Å². The molecule has 0 aliphatic carbocycles. The van der Waals surface area contributed by atoms with E-state index in [0.717, 1.165) is 17.7 Å². The number of halogens is 2. The van der Waals surface area contributed by atoms with Crippen molar-refractivity contribution in [3.05, 3.63) is 58.1 Å². The first-order valence-electron chi connectivity index (χ1n) is 8.10. The zero-order chi connectivity index (χ0) is 19.1. The molecule has 0 aromatic heterocycles. The lowest BCUT2D eigenvalue weighted by atomic mass is 10.1. The van der Waals surface area contributed by atoms with Gasteiger partial charge in [0.15, 0.2) is 6.61 Å². The van der Waals surface area contributed by atoms with Gasteiger partial charge in [-0.1, -0.05) is 48.3 Å². The summed E-state index contributed by atoms with van der Waals surface area (Å²) in [5.41, 5.74) is 1.79. The second-order valence-corrected chi connectivity index (χ2v) is 6.52. The molecule has 0 atom stereocenters. The zero-order valence-corrected chi connectivity index (χ0v) is 16.1. The SMILES string of the molecule is CCc1ccccc1NC(=O)CN(C)C(=O)COc1cc(Cl)ccc1Cl. The number of rotatable bonds is 7. The first-order chi connectivity index (χ1) is 12.4. The van der Waals surface area contributed by atoms with Crippen LogP contribution in [0, 0.1) is 0 Å². The number of hydrogen-bond donors (Lipinski definition) is 1. The second-order valence-electron chi connectivity index (χ2n) is 5.67. The van der Waals surface area contributed by atoms with Gasteiger partial charge in [0.25, 0.3) is 5.91 Å². The molecule has 26 heavy (non-hydrogen) atoms. The zero-order valence-electron chi connectivity index (χ0n) is 14.6. The molecule has 0 heterocycles. The van der Waals surface area contributed by atoms with Gasteiger partial charge in [-0.25, -0.2) is 0 Å². The van der Waals surface area contributed by atoms with Crippen LogP contribution in [0.4, 0.5) is 5.69 Å². The lowest BCUT2D eigenvalue weighted by Crippen LogP contribution is -2.37. The van der Waals surface area contributed by atoms with Crippen molar-refractivity contribution in [2.45, 2.75) is 13.3 Å². The smallest absolute Gasteiger partial charge is 0.260 e. The van der Waals surface area contributed by atoms with Crippen LogP contribution >= 0.6 is 23.2 Å². The highest BCUT2D eigenvalue weighted by atomic mass is 35.5. The van der Waals surface area contributed by atoms with E-state index in [-0.39, 0.29) is 25.0 Å². The Labute approximate surface area is 162 Å². The summed E-state index contributed by atoms with van der Waals surface area (Å²) in [4.78, 5) is 25.6. The van der Waals surface area contributed by atoms with Crippen molar-refractivity contribution < 1.29 is 14.3 Å². The minimum absolute atomic E-state index is 0.0798. The number of carbonyl (C=O) groups is 2. The fourth-order valence-corrected chi connectivity index (χ4v) is 2.62. The molecule has 0 spiro atoms. The van der Waals surface area contributed by atoms with Crippen molar-refractivity contribution in [3.8, 4) is 5.75 Å². The van der Waals surface area contributed by atoms with Gasteiger partial charge in [-0.05, 0) is 30.2 Å². The Hall–Kier alpha value is -2.24. The number of likely N-dealkylation sites (N-methyl/N-ethyl adjacent to an activating group) is 1. The highest BCUT2D eigenvalue weighted by Crippen LogP contribution is 2.27. The number of nitrogens with zero attached hydrogens (tertiary/aromatic N) is 1. The molecule has 5 nitrogen and oxygen atoms in total. The summed E-state index contributed by atoms with van der Waals surface area (Å²) >= 11 is 11.9. The summed E-state index contributed by atoms with van der Waals surface area (Å²) in [6.45, 7) is 1.69. The van der Waals surface area contributed by atoms with E-state index in [2.05, 4.69) is 5.32 Å². The molecule has 0 unspecified atom stereocenters. The van der Waals surface area contributed by atoms with Crippen molar-refractivity contribution in [1.29, 1.82) is 0 Å². The molecule has 138 valence electrons. The van der Waals surface area contributed by atoms with Crippen LogP contribution in [0.1, 0.15) is 12.5 Å². The normalized spacial score (nSPS) is 10.3. The molecule has 2 rings (SSSR count). The Kier molecular flexibility index (Phi) is 7.30. The minimum Gasteiger partial charge on any atom is -0.482 e. The molecule has 0 aliphatic rings. The van der Waals surface area contributed by atoms with Crippen molar-refractivity contribution in [3.63, 3.8) is 0 Å². The van der Waals surface area contributed by atoms with Crippen LogP contribution in [0.5, 0.6) is 5.75 Å². The molecule has 1 N–H and O–H groups in total. The third kappa shape index (κ3) is 5.64. The molecule has 0 aliphatic heterocycles. The van der Waals surface area contributed by atoms with Gasteiger partial charge in [0.2, 0.25) is 5.91 Å². The molecule has 0 saturated carbocycles. The molecule has 2 aromatic carbocycles. The Morgan fingerprint density at radius 3 is 2.62 bits per heavy atom. The van der Waals surface area contributed by atoms with Gasteiger partial charge in [-0.2, -0.15) is 0 Å². The average molecular weight is 395 g/mol. The monoisotopic (exact) mass is 394 g/mol. The van der Waals surface area contributed by atoms with Crippen molar-refractivity contribution in [2.75, 3.05) is 25.5 Å².